The van der Waals surface area contributed by atoms with E-state index in [0.717, 1.165) is 29.9 Å². The van der Waals surface area contributed by atoms with Gasteiger partial charge in [0.15, 0.2) is 5.58 Å². The van der Waals surface area contributed by atoms with Crippen LogP contribution in [0, 0.1) is 6.92 Å². The Morgan fingerprint density at radius 2 is 1.89 bits per heavy atom. The summed E-state index contributed by atoms with van der Waals surface area (Å²) < 4.78 is 5.78. The normalized spacial score (nSPS) is 15.3. The van der Waals surface area contributed by atoms with E-state index in [1.165, 1.54) is 5.56 Å². The van der Waals surface area contributed by atoms with Crippen molar-refractivity contribution >= 4 is 34.4 Å². The third-order valence-corrected chi connectivity index (χ3v) is 4.95. The number of carbonyl (C=O) groups is 1. The summed E-state index contributed by atoms with van der Waals surface area (Å²) in [5, 5.41) is 3.60. The highest BCUT2D eigenvalue weighted by Gasteiger charge is 2.22. The molecule has 7 heteroatoms. The molecule has 1 aliphatic heterocycles. The molecule has 1 aliphatic rings. The van der Waals surface area contributed by atoms with Gasteiger partial charge in [-0.3, -0.25) is 4.90 Å². The first kappa shape index (κ1) is 17.8. The van der Waals surface area contributed by atoms with Gasteiger partial charge in [-0.05, 0) is 37.3 Å². The van der Waals surface area contributed by atoms with E-state index in [1.807, 2.05) is 42.2 Å². The van der Waals surface area contributed by atoms with Crippen LogP contribution in [0.25, 0.3) is 11.1 Å². The first-order chi connectivity index (χ1) is 13.1. The van der Waals surface area contributed by atoms with Crippen LogP contribution in [0.15, 0.2) is 46.9 Å². The Morgan fingerprint density at radius 1 is 1.15 bits per heavy atom. The summed E-state index contributed by atoms with van der Waals surface area (Å²) in [4.78, 5) is 21.0. The summed E-state index contributed by atoms with van der Waals surface area (Å²) in [5.74, 6) is 0.671. The van der Waals surface area contributed by atoms with Gasteiger partial charge in [-0.15, -0.1) is 0 Å². The van der Waals surface area contributed by atoms with E-state index in [0.29, 0.717) is 30.5 Å². The predicted molar refractivity (Wildman–Crippen MR) is 106 cm³/mol. The molecule has 140 valence electrons. The van der Waals surface area contributed by atoms with Gasteiger partial charge >= 0.3 is 6.03 Å². The third kappa shape index (κ3) is 4.23. The molecule has 6 nitrogen and oxygen atoms in total. The average molecular weight is 385 g/mol. The van der Waals surface area contributed by atoms with Crippen LogP contribution < -0.4 is 5.32 Å². The van der Waals surface area contributed by atoms with E-state index in [4.69, 9.17) is 16.0 Å². The van der Waals surface area contributed by atoms with Gasteiger partial charge in [0.2, 0.25) is 5.89 Å². The van der Waals surface area contributed by atoms with Crippen LogP contribution in [0.5, 0.6) is 0 Å². The zero-order valence-corrected chi connectivity index (χ0v) is 15.9. The quantitative estimate of drug-likeness (QED) is 0.737. The van der Waals surface area contributed by atoms with E-state index < -0.39 is 0 Å². The lowest BCUT2D eigenvalue weighted by atomic mass is 10.2. The molecule has 1 aromatic heterocycles. The number of nitrogens with one attached hydrogen (secondary N) is 1. The Hall–Kier alpha value is -2.57. The Kier molecular flexibility index (Phi) is 5.01. The lowest BCUT2D eigenvalue weighted by Gasteiger charge is -2.34. The molecule has 4 rings (SSSR count). The van der Waals surface area contributed by atoms with E-state index in [1.54, 1.807) is 12.1 Å². The van der Waals surface area contributed by atoms with Crippen LogP contribution >= 0.6 is 11.6 Å². The number of piperazine rings is 1. The maximum atomic E-state index is 12.4. The lowest BCUT2D eigenvalue weighted by Crippen LogP contribution is -2.49. The SMILES string of the molecule is Cc1ccc(NC(=O)N2CCN(Cc3nc4cc(Cl)ccc4o3)CC2)cc1. The molecule has 3 aromatic rings. The number of anilines is 1. The number of rotatable bonds is 3. The van der Waals surface area contributed by atoms with Crippen LogP contribution in [0.1, 0.15) is 11.5 Å². The first-order valence-corrected chi connectivity index (χ1v) is 9.34. The number of halogens is 1. The van der Waals surface area contributed by atoms with E-state index in [9.17, 15) is 4.79 Å². The number of carbonyl (C=O) groups excluding carboxylic acids is 1. The van der Waals surface area contributed by atoms with Crippen molar-refractivity contribution in [1.29, 1.82) is 0 Å². The molecule has 0 spiro atoms. The highest BCUT2D eigenvalue weighted by Crippen LogP contribution is 2.21. The highest BCUT2D eigenvalue weighted by molar-refractivity contribution is 6.31. The fourth-order valence-electron chi connectivity index (χ4n) is 3.16. The number of oxazole rings is 1. The van der Waals surface area contributed by atoms with Crippen LogP contribution in [0.3, 0.4) is 0 Å². The van der Waals surface area contributed by atoms with Gasteiger partial charge < -0.3 is 14.6 Å². The zero-order valence-electron chi connectivity index (χ0n) is 15.1. The van der Waals surface area contributed by atoms with Gasteiger partial charge in [0, 0.05) is 36.9 Å². The second-order valence-corrected chi connectivity index (χ2v) is 7.22. The number of hydrogen-bond donors (Lipinski definition) is 1. The summed E-state index contributed by atoms with van der Waals surface area (Å²) in [7, 11) is 0. The molecule has 1 fully saturated rings. The van der Waals surface area contributed by atoms with Crippen LogP contribution in [0.2, 0.25) is 5.02 Å². The van der Waals surface area contributed by atoms with Crippen molar-refractivity contribution in [2.24, 2.45) is 0 Å². The Labute approximate surface area is 162 Å². The number of urea groups is 1. The molecule has 0 unspecified atom stereocenters. The number of amides is 2. The number of fused-ring (bicyclic) bond motifs is 1. The summed E-state index contributed by atoms with van der Waals surface area (Å²) in [5.41, 5.74) is 3.50. The maximum absolute atomic E-state index is 12.4. The minimum absolute atomic E-state index is 0.0602. The first-order valence-electron chi connectivity index (χ1n) is 8.97. The minimum atomic E-state index is -0.0602. The monoisotopic (exact) mass is 384 g/mol. The number of hydrogen-bond acceptors (Lipinski definition) is 4. The molecule has 0 atom stereocenters. The van der Waals surface area contributed by atoms with Crippen LogP contribution in [-0.2, 0) is 6.54 Å². The fourth-order valence-corrected chi connectivity index (χ4v) is 3.32. The summed E-state index contributed by atoms with van der Waals surface area (Å²) in [6.07, 6.45) is 0. The van der Waals surface area contributed by atoms with E-state index >= 15 is 0 Å². The molecule has 2 aromatic carbocycles. The Morgan fingerprint density at radius 3 is 2.63 bits per heavy atom. The smallest absolute Gasteiger partial charge is 0.321 e. The van der Waals surface area contributed by atoms with Gasteiger partial charge in [-0.1, -0.05) is 29.3 Å². The summed E-state index contributed by atoms with van der Waals surface area (Å²) in [6, 6.07) is 13.2. The molecule has 27 heavy (non-hydrogen) atoms. The highest BCUT2D eigenvalue weighted by atomic mass is 35.5. The van der Waals surface area contributed by atoms with Gasteiger partial charge in [-0.2, -0.15) is 0 Å². The number of aryl methyl sites for hydroxylation is 1. The second kappa shape index (κ2) is 7.58. The molecule has 1 saturated heterocycles. The van der Waals surface area contributed by atoms with E-state index in [2.05, 4.69) is 15.2 Å². The van der Waals surface area contributed by atoms with Gasteiger partial charge in [-0.25, -0.2) is 9.78 Å². The van der Waals surface area contributed by atoms with Crippen molar-refractivity contribution in [3.05, 3.63) is 58.9 Å². The number of benzene rings is 2. The number of nitrogens with zero attached hydrogens (tertiary/aromatic N) is 3. The van der Waals surface area contributed by atoms with Crippen molar-refractivity contribution in [3.8, 4) is 0 Å². The van der Waals surface area contributed by atoms with Crippen LogP contribution in [0.4, 0.5) is 10.5 Å². The van der Waals surface area contributed by atoms with Crippen molar-refractivity contribution < 1.29 is 9.21 Å². The standard InChI is InChI=1S/C20H21ClN4O2/c1-14-2-5-16(6-3-14)22-20(26)25-10-8-24(9-11-25)13-19-23-17-12-15(21)4-7-18(17)27-19/h2-7,12H,8-11,13H2,1H3,(H,22,26). The third-order valence-electron chi connectivity index (χ3n) is 4.72. The molecule has 0 radical (unpaired) electrons. The van der Waals surface area contributed by atoms with Crippen molar-refractivity contribution in [2.45, 2.75) is 13.5 Å². The molecule has 0 saturated carbocycles. The summed E-state index contributed by atoms with van der Waals surface area (Å²) >= 11 is 6.00. The average Bonchev–Trinajstić information content (AvgIpc) is 3.05. The lowest BCUT2D eigenvalue weighted by molar-refractivity contribution is 0.136. The maximum Gasteiger partial charge on any atom is 0.321 e. The zero-order chi connectivity index (χ0) is 18.8. The fraction of sp³-hybridized carbons (Fsp3) is 0.300. The molecule has 2 amide bonds. The van der Waals surface area contributed by atoms with Crippen LogP contribution in [-0.4, -0.2) is 47.0 Å². The molecule has 0 aliphatic carbocycles. The summed E-state index contributed by atoms with van der Waals surface area (Å²) in [6.45, 7) is 5.55. The molecular weight excluding hydrogens is 364 g/mol. The van der Waals surface area contributed by atoms with E-state index in [-0.39, 0.29) is 6.03 Å². The van der Waals surface area contributed by atoms with Crippen molar-refractivity contribution in [2.75, 3.05) is 31.5 Å². The molecule has 2 heterocycles. The topological polar surface area (TPSA) is 61.6 Å². The predicted octanol–water partition coefficient (Wildman–Crippen LogP) is 4.14. The van der Waals surface area contributed by atoms with Gasteiger partial charge in [0.25, 0.3) is 0 Å². The largest absolute Gasteiger partial charge is 0.439 e. The minimum Gasteiger partial charge on any atom is -0.439 e. The van der Waals surface area contributed by atoms with Crippen molar-refractivity contribution in [3.63, 3.8) is 0 Å². The second-order valence-electron chi connectivity index (χ2n) is 6.78. The molecule has 1 N–H and O–H groups in total. The molecule has 0 bridgehead atoms. The molecular formula is C20H21ClN4O2. The van der Waals surface area contributed by atoms with Crippen molar-refractivity contribution in [1.82, 2.24) is 14.8 Å². The Balaban J connectivity index is 1.31. The number of aromatic nitrogens is 1. The van der Waals surface area contributed by atoms with Gasteiger partial charge in [0.1, 0.15) is 5.52 Å². The Bertz CT molecular complexity index is 946. The van der Waals surface area contributed by atoms with Gasteiger partial charge in [0.05, 0.1) is 6.54 Å².